The van der Waals surface area contributed by atoms with Crippen molar-refractivity contribution in [2.75, 3.05) is 21.3 Å². The van der Waals surface area contributed by atoms with Gasteiger partial charge in [-0.2, -0.15) is 0 Å². The second-order valence-electron chi connectivity index (χ2n) is 3.63. The molecule has 0 heterocycles. The maximum atomic E-state index is 11.2. The van der Waals surface area contributed by atoms with E-state index in [0.717, 1.165) is 4.90 Å². The number of methoxy groups -OCH3 is 2. The molecule has 0 aliphatic heterocycles. The SMILES string of the molecule is COc1ccc(C(C(=O)O)N(C)C=O)cc1OC. The number of hydrogen-bond acceptors (Lipinski definition) is 4. The third-order valence-corrected chi connectivity index (χ3v) is 2.53. The first kappa shape index (κ1) is 13.8. The number of carboxylic acids is 1. The molecule has 1 atom stereocenters. The summed E-state index contributed by atoms with van der Waals surface area (Å²) in [4.78, 5) is 23.0. The molecule has 0 radical (unpaired) electrons. The van der Waals surface area contributed by atoms with Crippen molar-refractivity contribution >= 4 is 12.4 Å². The summed E-state index contributed by atoms with van der Waals surface area (Å²) < 4.78 is 10.2. The van der Waals surface area contributed by atoms with Crippen molar-refractivity contribution in [2.24, 2.45) is 0 Å². The van der Waals surface area contributed by atoms with E-state index in [4.69, 9.17) is 14.6 Å². The van der Waals surface area contributed by atoms with Gasteiger partial charge in [-0.25, -0.2) is 4.79 Å². The Morgan fingerprint density at radius 3 is 2.39 bits per heavy atom. The minimum Gasteiger partial charge on any atom is -0.493 e. The Morgan fingerprint density at radius 1 is 1.33 bits per heavy atom. The summed E-state index contributed by atoms with van der Waals surface area (Å²) in [5, 5.41) is 9.15. The van der Waals surface area contributed by atoms with Gasteiger partial charge in [0.15, 0.2) is 17.5 Å². The standard InChI is InChI=1S/C12H15NO5/c1-13(7-14)11(12(15)16)8-4-5-9(17-2)10(6-8)18-3/h4-7,11H,1-3H3,(H,15,16). The molecule has 1 aromatic rings. The maximum Gasteiger partial charge on any atom is 0.331 e. The van der Waals surface area contributed by atoms with Crippen LogP contribution in [-0.2, 0) is 9.59 Å². The van der Waals surface area contributed by atoms with Gasteiger partial charge in [0.25, 0.3) is 0 Å². The summed E-state index contributed by atoms with van der Waals surface area (Å²) in [7, 11) is 4.35. The Morgan fingerprint density at radius 2 is 1.94 bits per heavy atom. The summed E-state index contributed by atoms with van der Waals surface area (Å²) in [6.07, 6.45) is 0.468. The van der Waals surface area contributed by atoms with Crippen LogP contribution in [0.3, 0.4) is 0 Å². The maximum absolute atomic E-state index is 11.2. The van der Waals surface area contributed by atoms with Gasteiger partial charge >= 0.3 is 5.97 Å². The number of benzene rings is 1. The number of hydrogen-bond donors (Lipinski definition) is 1. The molecule has 0 saturated carbocycles. The Balaban J connectivity index is 3.21. The largest absolute Gasteiger partial charge is 0.493 e. The molecule has 0 saturated heterocycles. The molecule has 0 aliphatic carbocycles. The van der Waals surface area contributed by atoms with E-state index < -0.39 is 12.0 Å². The molecular weight excluding hydrogens is 238 g/mol. The molecule has 1 aromatic carbocycles. The number of rotatable bonds is 6. The van der Waals surface area contributed by atoms with Crippen LogP contribution in [0.25, 0.3) is 0 Å². The van der Waals surface area contributed by atoms with Crippen LogP contribution in [0.15, 0.2) is 18.2 Å². The normalized spacial score (nSPS) is 11.5. The van der Waals surface area contributed by atoms with Gasteiger partial charge in [0, 0.05) is 7.05 Å². The van der Waals surface area contributed by atoms with Crippen molar-refractivity contribution < 1.29 is 24.2 Å². The van der Waals surface area contributed by atoms with Crippen molar-refractivity contribution in [1.82, 2.24) is 4.90 Å². The number of carbonyl (C=O) groups excluding carboxylic acids is 1. The molecular formula is C12H15NO5. The molecule has 0 bridgehead atoms. The first-order valence-corrected chi connectivity index (χ1v) is 5.17. The van der Waals surface area contributed by atoms with E-state index in [1.165, 1.54) is 27.3 Å². The lowest BCUT2D eigenvalue weighted by atomic mass is 10.1. The Bertz CT molecular complexity index is 446. The monoisotopic (exact) mass is 253 g/mol. The first-order chi connectivity index (χ1) is 8.54. The third-order valence-electron chi connectivity index (χ3n) is 2.53. The van der Waals surface area contributed by atoms with E-state index in [9.17, 15) is 9.59 Å². The van der Waals surface area contributed by atoms with Crippen LogP contribution in [0.5, 0.6) is 11.5 Å². The van der Waals surface area contributed by atoms with Gasteiger partial charge in [-0.05, 0) is 17.7 Å². The molecule has 1 amide bonds. The molecule has 0 fully saturated rings. The van der Waals surface area contributed by atoms with Crippen molar-refractivity contribution in [1.29, 1.82) is 0 Å². The zero-order chi connectivity index (χ0) is 13.7. The Hall–Kier alpha value is -2.24. The number of amides is 1. The van der Waals surface area contributed by atoms with Crippen molar-refractivity contribution in [3.05, 3.63) is 23.8 Å². The van der Waals surface area contributed by atoms with E-state index in [1.54, 1.807) is 12.1 Å². The lowest BCUT2D eigenvalue weighted by Gasteiger charge is -2.21. The van der Waals surface area contributed by atoms with Crippen LogP contribution in [0, 0.1) is 0 Å². The molecule has 1 unspecified atom stereocenters. The summed E-state index contributed by atoms with van der Waals surface area (Å²) in [6, 6.07) is 3.67. The average Bonchev–Trinajstić information content (AvgIpc) is 2.37. The second kappa shape index (κ2) is 5.90. The fraction of sp³-hybridized carbons (Fsp3) is 0.333. The molecule has 0 aliphatic rings. The van der Waals surface area contributed by atoms with Gasteiger partial charge in [0.05, 0.1) is 14.2 Å². The van der Waals surface area contributed by atoms with Gasteiger partial charge < -0.3 is 19.5 Å². The number of ether oxygens (including phenoxy) is 2. The number of carboxylic acid groups (broad SMARTS) is 1. The summed E-state index contributed by atoms with van der Waals surface area (Å²) in [5.74, 6) is -0.198. The van der Waals surface area contributed by atoms with Crippen LogP contribution in [-0.4, -0.2) is 43.7 Å². The second-order valence-corrected chi connectivity index (χ2v) is 3.63. The average molecular weight is 253 g/mol. The number of carbonyl (C=O) groups is 2. The van der Waals surface area contributed by atoms with Gasteiger partial charge in [-0.3, -0.25) is 4.79 Å². The van der Waals surface area contributed by atoms with Crippen molar-refractivity contribution in [2.45, 2.75) is 6.04 Å². The van der Waals surface area contributed by atoms with Crippen molar-refractivity contribution in [3.8, 4) is 11.5 Å². The summed E-state index contributed by atoms with van der Waals surface area (Å²) in [5.41, 5.74) is 0.440. The highest BCUT2D eigenvalue weighted by molar-refractivity contribution is 5.78. The third kappa shape index (κ3) is 2.71. The predicted octanol–water partition coefficient (Wildman–Crippen LogP) is 0.918. The van der Waals surface area contributed by atoms with Crippen LogP contribution in [0.2, 0.25) is 0 Å². The molecule has 1 N–H and O–H groups in total. The fourth-order valence-electron chi connectivity index (χ4n) is 1.64. The number of likely N-dealkylation sites (N-methyl/N-ethyl adjacent to an activating group) is 1. The van der Waals surface area contributed by atoms with Gasteiger partial charge in [0.1, 0.15) is 0 Å². The summed E-state index contributed by atoms with van der Waals surface area (Å²) in [6.45, 7) is 0. The molecule has 0 aromatic heterocycles. The smallest absolute Gasteiger partial charge is 0.331 e. The minimum absolute atomic E-state index is 0.417. The highest BCUT2D eigenvalue weighted by Gasteiger charge is 2.24. The lowest BCUT2D eigenvalue weighted by Crippen LogP contribution is -2.29. The summed E-state index contributed by atoms with van der Waals surface area (Å²) >= 11 is 0. The zero-order valence-electron chi connectivity index (χ0n) is 10.4. The molecule has 98 valence electrons. The predicted molar refractivity (Wildman–Crippen MR) is 63.7 cm³/mol. The minimum atomic E-state index is -1.11. The van der Waals surface area contributed by atoms with Crippen LogP contribution in [0.4, 0.5) is 0 Å². The van der Waals surface area contributed by atoms with Gasteiger partial charge in [-0.1, -0.05) is 6.07 Å². The zero-order valence-corrected chi connectivity index (χ0v) is 10.4. The van der Waals surface area contributed by atoms with Crippen LogP contribution < -0.4 is 9.47 Å². The van der Waals surface area contributed by atoms with Crippen LogP contribution >= 0.6 is 0 Å². The van der Waals surface area contributed by atoms with E-state index in [0.29, 0.717) is 23.5 Å². The van der Waals surface area contributed by atoms with E-state index in [1.807, 2.05) is 0 Å². The number of aliphatic carboxylic acids is 1. The molecule has 1 rings (SSSR count). The number of nitrogens with zero attached hydrogens (tertiary/aromatic N) is 1. The van der Waals surface area contributed by atoms with Crippen molar-refractivity contribution in [3.63, 3.8) is 0 Å². The Labute approximate surface area is 105 Å². The van der Waals surface area contributed by atoms with E-state index >= 15 is 0 Å². The highest BCUT2D eigenvalue weighted by Crippen LogP contribution is 2.31. The quantitative estimate of drug-likeness (QED) is 0.763. The topological polar surface area (TPSA) is 76.1 Å². The lowest BCUT2D eigenvalue weighted by molar-refractivity contribution is -0.145. The first-order valence-electron chi connectivity index (χ1n) is 5.17. The molecule has 0 spiro atoms. The molecule has 6 heteroatoms. The fourth-order valence-corrected chi connectivity index (χ4v) is 1.64. The van der Waals surface area contributed by atoms with Gasteiger partial charge in [0.2, 0.25) is 6.41 Å². The molecule has 6 nitrogen and oxygen atoms in total. The Kier molecular flexibility index (Phi) is 4.53. The molecule has 18 heavy (non-hydrogen) atoms. The van der Waals surface area contributed by atoms with Crippen LogP contribution in [0.1, 0.15) is 11.6 Å². The van der Waals surface area contributed by atoms with Gasteiger partial charge in [-0.15, -0.1) is 0 Å². The highest BCUT2D eigenvalue weighted by atomic mass is 16.5. The van der Waals surface area contributed by atoms with E-state index in [2.05, 4.69) is 0 Å². The van der Waals surface area contributed by atoms with E-state index in [-0.39, 0.29) is 0 Å².